The van der Waals surface area contributed by atoms with Crippen molar-refractivity contribution >= 4 is 10.1 Å². The van der Waals surface area contributed by atoms with Gasteiger partial charge in [-0.1, -0.05) is 30.4 Å². The molecule has 18 heavy (non-hydrogen) atoms. The van der Waals surface area contributed by atoms with Crippen LogP contribution in [0.3, 0.4) is 0 Å². The van der Waals surface area contributed by atoms with Gasteiger partial charge in [0.05, 0.1) is 4.90 Å². The molecule has 1 aromatic carbocycles. The summed E-state index contributed by atoms with van der Waals surface area (Å²) in [5.41, 5.74) is 10.8. The summed E-state index contributed by atoms with van der Waals surface area (Å²) >= 11 is 0. The topological polar surface area (TPSA) is 106 Å². The molecule has 0 bridgehead atoms. The Labute approximate surface area is 106 Å². The Morgan fingerprint density at radius 2 is 1.67 bits per heavy atom. The third-order valence-electron chi connectivity index (χ3n) is 2.74. The number of rotatable bonds is 2. The number of hydrogen-bond acceptors (Lipinski definition) is 4. The molecule has 5 nitrogen and oxygen atoms in total. The van der Waals surface area contributed by atoms with Gasteiger partial charge in [-0.15, -0.1) is 0 Å². The molecular formula is C12H14N2O3S. The van der Waals surface area contributed by atoms with Gasteiger partial charge in [0.2, 0.25) is 0 Å². The maximum Gasteiger partial charge on any atom is 0.294 e. The van der Waals surface area contributed by atoms with E-state index >= 15 is 0 Å². The van der Waals surface area contributed by atoms with Crippen molar-refractivity contribution in [2.75, 3.05) is 0 Å². The Balaban J connectivity index is 2.46. The maximum absolute atomic E-state index is 11.3. The van der Waals surface area contributed by atoms with E-state index in [4.69, 9.17) is 11.5 Å². The monoisotopic (exact) mass is 266 g/mol. The molecule has 2 rings (SSSR count). The highest BCUT2D eigenvalue weighted by Crippen LogP contribution is 2.29. The van der Waals surface area contributed by atoms with E-state index in [0.717, 1.165) is 0 Å². The molecule has 1 aromatic rings. The zero-order chi connectivity index (χ0) is 13.4. The molecule has 0 saturated heterocycles. The van der Waals surface area contributed by atoms with Gasteiger partial charge in [-0.2, -0.15) is 8.42 Å². The van der Waals surface area contributed by atoms with Crippen molar-refractivity contribution < 1.29 is 13.0 Å². The van der Waals surface area contributed by atoms with E-state index in [1.165, 1.54) is 6.07 Å². The van der Waals surface area contributed by atoms with E-state index in [9.17, 15) is 13.0 Å². The molecule has 0 aliphatic heterocycles. The minimum absolute atomic E-state index is 0.106. The normalized spacial score (nSPS) is 19.1. The second-order valence-corrected chi connectivity index (χ2v) is 5.65. The van der Waals surface area contributed by atoms with E-state index in [1.807, 2.05) is 0 Å². The van der Waals surface area contributed by atoms with Crippen molar-refractivity contribution in [3.05, 3.63) is 54.1 Å². The minimum Gasteiger partial charge on any atom is -0.307 e. The fraction of sp³-hybridized carbons (Fsp3) is 0.167. The first-order valence-corrected chi connectivity index (χ1v) is 6.76. The zero-order valence-electron chi connectivity index (χ0n) is 9.52. The third kappa shape index (κ3) is 2.68. The summed E-state index contributed by atoms with van der Waals surface area (Å²) in [5.74, 6) is -0.275. The Morgan fingerprint density at radius 1 is 1.11 bits per heavy atom. The van der Waals surface area contributed by atoms with Crippen molar-refractivity contribution in [2.24, 2.45) is 11.5 Å². The van der Waals surface area contributed by atoms with Crippen molar-refractivity contribution in [2.45, 2.75) is 16.5 Å². The summed E-state index contributed by atoms with van der Waals surface area (Å²) in [7, 11) is -4.24. The summed E-state index contributed by atoms with van der Waals surface area (Å²) < 4.78 is 31.7. The first-order valence-electron chi connectivity index (χ1n) is 5.32. The average Bonchev–Trinajstić information content (AvgIpc) is 2.28. The molecule has 0 saturated carbocycles. The van der Waals surface area contributed by atoms with Crippen molar-refractivity contribution in [1.29, 1.82) is 0 Å². The molecule has 1 aliphatic carbocycles. The van der Waals surface area contributed by atoms with Crippen molar-refractivity contribution in [1.82, 2.24) is 0 Å². The van der Waals surface area contributed by atoms with Crippen LogP contribution >= 0.6 is 0 Å². The molecule has 0 heterocycles. The van der Waals surface area contributed by atoms with E-state index in [0.29, 0.717) is 5.56 Å². The van der Waals surface area contributed by atoms with Crippen LogP contribution in [0.25, 0.3) is 0 Å². The van der Waals surface area contributed by atoms with Gasteiger partial charge in [-0.25, -0.2) is 0 Å². The quantitative estimate of drug-likeness (QED) is 0.416. The molecule has 0 aromatic heterocycles. The third-order valence-corrected chi connectivity index (χ3v) is 3.67. The van der Waals surface area contributed by atoms with Gasteiger partial charge < -0.3 is 11.5 Å². The molecule has 0 amide bonds. The van der Waals surface area contributed by atoms with Gasteiger partial charge in [-0.3, -0.25) is 4.55 Å². The van der Waals surface area contributed by atoms with Gasteiger partial charge in [0.15, 0.2) is 0 Å². The van der Waals surface area contributed by atoms with Gasteiger partial charge >= 0.3 is 0 Å². The lowest BCUT2D eigenvalue weighted by molar-refractivity contribution is 0.482. The van der Waals surface area contributed by atoms with Gasteiger partial charge in [0, 0.05) is 5.92 Å². The largest absolute Gasteiger partial charge is 0.307 e. The predicted octanol–water partition coefficient (Wildman–Crippen LogP) is 0.757. The molecule has 6 heteroatoms. The summed E-state index contributed by atoms with van der Waals surface area (Å²) in [6, 6.07) is 6.26. The molecule has 96 valence electrons. The highest BCUT2D eigenvalue weighted by atomic mass is 32.2. The molecule has 0 spiro atoms. The SMILES string of the molecule is NC1(N)C=CC(c2ccccc2S(=O)(=O)O)C=C1. The second kappa shape index (κ2) is 4.33. The van der Waals surface area contributed by atoms with E-state index in [1.54, 1.807) is 42.5 Å². The summed E-state index contributed by atoms with van der Waals surface area (Å²) in [6.07, 6.45) is 6.62. The fourth-order valence-electron chi connectivity index (χ4n) is 1.86. The van der Waals surface area contributed by atoms with E-state index < -0.39 is 15.8 Å². The smallest absolute Gasteiger partial charge is 0.294 e. The van der Waals surface area contributed by atoms with Gasteiger partial charge in [0.25, 0.3) is 10.1 Å². The molecule has 5 N–H and O–H groups in total. The van der Waals surface area contributed by atoms with Crippen LogP contribution in [0.4, 0.5) is 0 Å². The lowest BCUT2D eigenvalue weighted by Crippen LogP contribution is -2.46. The van der Waals surface area contributed by atoms with Crippen molar-refractivity contribution in [3.8, 4) is 0 Å². The molecule has 0 radical (unpaired) electrons. The van der Waals surface area contributed by atoms with Gasteiger partial charge in [-0.05, 0) is 23.8 Å². The lowest BCUT2D eigenvalue weighted by Gasteiger charge is -2.23. The number of hydrogen-bond donors (Lipinski definition) is 3. The first kappa shape index (κ1) is 13.0. The Bertz CT molecular complexity index is 602. The Morgan fingerprint density at radius 3 is 2.22 bits per heavy atom. The van der Waals surface area contributed by atoms with Crippen LogP contribution in [0.15, 0.2) is 53.5 Å². The lowest BCUT2D eigenvalue weighted by atomic mass is 9.91. The van der Waals surface area contributed by atoms with Crippen LogP contribution in [0.2, 0.25) is 0 Å². The summed E-state index contributed by atoms with van der Waals surface area (Å²) in [5, 5.41) is 0. The van der Waals surface area contributed by atoms with E-state index in [2.05, 4.69) is 0 Å². The number of nitrogens with two attached hydrogens (primary N) is 2. The number of benzene rings is 1. The standard InChI is InChI=1S/C12H14N2O3S/c13-12(14)7-5-9(6-8-12)10-3-1-2-4-11(10)18(15,16)17/h1-9H,13-14H2,(H,15,16,17). The summed E-state index contributed by atoms with van der Waals surface area (Å²) in [6.45, 7) is 0. The summed E-state index contributed by atoms with van der Waals surface area (Å²) in [4.78, 5) is -0.106. The highest BCUT2D eigenvalue weighted by molar-refractivity contribution is 7.85. The van der Waals surface area contributed by atoms with Crippen LogP contribution in [-0.2, 0) is 10.1 Å². The molecule has 0 fully saturated rings. The van der Waals surface area contributed by atoms with Crippen LogP contribution < -0.4 is 11.5 Å². The molecule has 1 aliphatic rings. The Hall–Kier alpha value is -1.47. The average molecular weight is 266 g/mol. The predicted molar refractivity (Wildman–Crippen MR) is 68.4 cm³/mol. The van der Waals surface area contributed by atoms with Crippen LogP contribution in [0.1, 0.15) is 11.5 Å². The first-order chi connectivity index (χ1) is 8.30. The van der Waals surface area contributed by atoms with Crippen LogP contribution in [0, 0.1) is 0 Å². The molecular weight excluding hydrogens is 252 g/mol. The Kier molecular flexibility index (Phi) is 3.12. The highest BCUT2D eigenvalue weighted by Gasteiger charge is 2.22. The minimum atomic E-state index is -4.24. The fourth-order valence-corrected chi connectivity index (χ4v) is 2.61. The second-order valence-electron chi connectivity index (χ2n) is 4.26. The maximum atomic E-state index is 11.3. The van der Waals surface area contributed by atoms with Crippen molar-refractivity contribution in [3.63, 3.8) is 0 Å². The molecule has 0 atom stereocenters. The zero-order valence-corrected chi connectivity index (χ0v) is 10.3. The van der Waals surface area contributed by atoms with Crippen LogP contribution in [-0.4, -0.2) is 18.6 Å². The molecule has 0 unspecified atom stereocenters. The van der Waals surface area contributed by atoms with Gasteiger partial charge in [0.1, 0.15) is 5.66 Å². The van der Waals surface area contributed by atoms with Crippen LogP contribution in [0.5, 0.6) is 0 Å². The van der Waals surface area contributed by atoms with E-state index in [-0.39, 0.29) is 10.8 Å². The number of allylic oxidation sites excluding steroid dienone is 2.